The van der Waals surface area contributed by atoms with E-state index < -0.39 is 0 Å². The minimum absolute atomic E-state index is 0.294. The lowest BCUT2D eigenvalue weighted by Gasteiger charge is -2.10. The van der Waals surface area contributed by atoms with E-state index >= 15 is 0 Å². The molecule has 3 N–H and O–H groups in total. The molecule has 4 aromatic rings. The first-order valence-electron chi connectivity index (χ1n) is 10.2. The standard InChI is InChI=1S/C24H23N7O/c1-2-32-21-16-10-9-11-18(21)17-25-31-24-29-22(26-19-12-5-3-6-13-19)28-23(30-24)27-20-14-7-4-8-15-20/h3-17H,2H2,1H3,(H3,26,27,28,29,30,31)/b25-17-. The quantitative estimate of drug-likeness (QED) is 0.250. The first kappa shape index (κ1) is 20.8. The highest BCUT2D eigenvalue weighted by molar-refractivity contribution is 5.83. The summed E-state index contributed by atoms with van der Waals surface area (Å²) in [6, 6.07) is 27.1. The van der Waals surface area contributed by atoms with E-state index in [1.54, 1.807) is 6.21 Å². The van der Waals surface area contributed by atoms with Gasteiger partial charge in [-0.05, 0) is 43.3 Å². The Labute approximate surface area is 186 Å². The van der Waals surface area contributed by atoms with Gasteiger partial charge >= 0.3 is 0 Å². The van der Waals surface area contributed by atoms with E-state index in [4.69, 9.17) is 4.74 Å². The van der Waals surface area contributed by atoms with Crippen molar-refractivity contribution in [1.29, 1.82) is 0 Å². The maximum atomic E-state index is 5.63. The number of aromatic nitrogens is 3. The van der Waals surface area contributed by atoms with Crippen LogP contribution in [0, 0.1) is 0 Å². The van der Waals surface area contributed by atoms with E-state index in [0.29, 0.717) is 24.5 Å². The van der Waals surface area contributed by atoms with Crippen molar-refractivity contribution in [3.05, 3.63) is 90.5 Å². The second-order valence-corrected chi connectivity index (χ2v) is 6.63. The Kier molecular flexibility index (Phi) is 6.85. The fourth-order valence-electron chi connectivity index (χ4n) is 2.87. The van der Waals surface area contributed by atoms with Gasteiger partial charge in [0.25, 0.3) is 0 Å². The minimum Gasteiger partial charge on any atom is -0.493 e. The van der Waals surface area contributed by atoms with Gasteiger partial charge in [0.15, 0.2) is 0 Å². The van der Waals surface area contributed by atoms with Crippen LogP contribution in [0.25, 0.3) is 0 Å². The number of rotatable bonds is 9. The summed E-state index contributed by atoms with van der Waals surface area (Å²) in [5.41, 5.74) is 5.47. The van der Waals surface area contributed by atoms with E-state index in [-0.39, 0.29) is 0 Å². The fourth-order valence-corrected chi connectivity index (χ4v) is 2.87. The third kappa shape index (κ3) is 5.79. The number of nitrogens with zero attached hydrogens (tertiary/aromatic N) is 4. The summed E-state index contributed by atoms with van der Waals surface area (Å²) >= 11 is 0. The number of hydrogen-bond acceptors (Lipinski definition) is 8. The van der Waals surface area contributed by atoms with Gasteiger partial charge in [-0.1, -0.05) is 48.5 Å². The van der Waals surface area contributed by atoms with Gasteiger partial charge in [-0.25, -0.2) is 5.43 Å². The van der Waals surface area contributed by atoms with Crippen molar-refractivity contribution >= 4 is 35.4 Å². The maximum absolute atomic E-state index is 5.63. The van der Waals surface area contributed by atoms with Crippen molar-refractivity contribution < 1.29 is 4.74 Å². The van der Waals surface area contributed by atoms with Gasteiger partial charge in [0.05, 0.1) is 12.8 Å². The Balaban J connectivity index is 1.57. The summed E-state index contributed by atoms with van der Waals surface area (Å²) < 4.78 is 5.63. The largest absolute Gasteiger partial charge is 0.493 e. The molecule has 4 rings (SSSR count). The SMILES string of the molecule is CCOc1ccccc1/C=N\Nc1nc(Nc2ccccc2)nc(Nc2ccccc2)n1. The van der Waals surface area contributed by atoms with Gasteiger partial charge in [-0.3, -0.25) is 0 Å². The molecule has 1 aromatic heterocycles. The van der Waals surface area contributed by atoms with Gasteiger partial charge in [-0.2, -0.15) is 20.1 Å². The zero-order chi connectivity index (χ0) is 22.0. The third-order valence-electron chi connectivity index (χ3n) is 4.28. The highest BCUT2D eigenvalue weighted by atomic mass is 16.5. The molecule has 3 aromatic carbocycles. The number of hydrogen-bond donors (Lipinski definition) is 3. The Morgan fingerprint density at radius 1 is 0.719 bits per heavy atom. The molecule has 0 unspecified atom stereocenters. The van der Waals surface area contributed by atoms with Gasteiger partial charge in [0.2, 0.25) is 17.8 Å². The molecule has 8 nitrogen and oxygen atoms in total. The summed E-state index contributed by atoms with van der Waals surface area (Å²) in [5.74, 6) is 1.82. The van der Waals surface area contributed by atoms with Gasteiger partial charge < -0.3 is 15.4 Å². The molecule has 0 saturated heterocycles. The summed E-state index contributed by atoms with van der Waals surface area (Å²) in [4.78, 5) is 13.3. The minimum atomic E-state index is 0.294. The molecule has 160 valence electrons. The van der Waals surface area contributed by atoms with Crippen LogP contribution in [0.1, 0.15) is 12.5 Å². The number of hydrazone groups is 1. The zero-order valence-corrected chi connectivity index (χ0v) is 17.6. The number of ether oxygens (including phenoxy) is 1. The molecule has 8 heteroatoms. The third-order valence-corrected chi connectivity index (χ3v) is 4.28. The summed E-state index contributed by atoms with van der Waals surface area (Å²) in [6.07, 6.45) is 1.67. The van der Waals surface area contributed by atoms with Crippen LogP contribution in [0.5, 0.6) is 5.75 Å². The number of anilines is 5. The van der Waals surface area contributed by atoms with Crippen LogP contribution >= 0.6 is 0 Å². The molecule has 1 heterocycles. The molecule has 0 amide bonds. The molecule has 0 bridgehead atoms. The average Bonchev–Trinajstić information content (AvgIpc) is 2.82. The van der Waals surface area contributed by atoms with Crippen molar-refractivity contribution in [3.8, 4) is 5.75 Å². The van der Waals surface area contributed by atoms with Crippen LogP contribution in [-0.2, 0) is 0 Å². The van der Waals surface area contributed by atoms with Crippen molar-refractivity contribution in [2.75, 3.05) is 22.7 Å². The lowest BCUT2D eigenvalue weighted by molar-refractivity contribution is 0.340. The van der Waals surface area contributed by atoms with Crippen LogP contribution in [0.15, 0.2) is 90.0 Å². The lowest BCUT2D eigenvalue weighted by atomic mass is 10.2. The van der Waals surface area contributed by atoms with Gasteiger partial charge in [0, 0.05) is 16.9 Å². The molecule has 32 heavy (non-hydrogen) atoms. The van der Waals surface area contributed by atoms with Crippen LogP contribution in [-0.4, -0.2) is 27.8 Å². The average molecular weight is 425 g/mol. The summed E-state index contributed by atoms with van der Waals surface area (Å²) in [5, 5.41) is 10.7. The van der Waals surface area contributed by atoms with E-state index in [2.05, 4.69) is 36.1 Å². The van der Waals surface area contributed by atoms with E-state index in [1.807, 2.05) is 91.9 Å². The highest BCUT2D eigenvalue weighted by Crippen LogP contribution is 2.19. The fraction of sp³-hybridized carbons (Fsp3) is 0.0833. The number of para-hydroxylation sites is 3. The maximum Gasteiger partial charge on any atom is 0.250 e. The number of benzene rings is 3. The Hall–Kier alpha value is -4.46. The van der Waals surface area contributed by atoms with Crippen molar-refractivity contribution in [2.24, 2.45) is 5.10 Å². The molecule has 0 fully saturated rings. The Morgan fingerprint density at radius 2 is 1.25 bits per heavy atom. The second-order valence-electron chi connectivity index (χ2n) is 6.63. The lowest BCUT2D eigenvalue weighted by Crippen LogP contribution is -2.07. The summed E-state index contributed by atoms with van der Waals surface area (Å²) in [6.45, 7) is 2.52. The van der Waals surface area contributed by atoms with E-state index in [1.165, 1.54) is 0 Å². The van der Waals surface area contributed by atoms with Crippen molar-refractivity contribution in [1.82, 2.24) is 15.0 Å². The Morgan fingerprint density at radius 3 is 1.84 bits per heavy atom. The second kappa shape index (κ2) is 10.5. The molecular weight excluding hydrogens is 402 g/mol. The monoisotopic (exact) mass is 425 g/mol. The first-order valence-corrected chi connectivity index (χ1v) is 10.2. The van der Waals surface area contributed by atoms with Crippen LogP contribution in [0.3, 0.4) is 0 Å². The zero-order valence-electron chi connectivity index (χ0n) is 17.6. The summed E-state index contributed by atoms with van der Waals surface area (Å²) in [7, 11) is 0. The highest BCUT2D eigenvalue weighted by Gasteiger charge is 2.07. The van der Waals surface area contributed by atoms with Crippen LogP contribution in [0.4, 0.5) is 29.2 Å². The predicted octanol–water partition coefficient (Wildman–Crippen LogP) is 5.20. The van der Waals surface area contributed by atoms with E-state index in [0.717, 1.165) is 22.7 Å². The topological polar surface area (TPSA) is 96.4 Å². The predicted molar refractivity (Wildman–Crippen MR) is 128 cm³/mol. The van der Waals surface area contributed by atoms with Crippen LogP contribution in [0.2, 0.25) is 0 Å². The molecule has 0 spiro atoms. The molecule has 0 saturated carbocycles. The van der Waals surface area contributed by atoms with Crippen molar-refractivity contribution in [3.63, 3.8) is 0 Å². The smallest absolute Gasteiger partial charge is 0.250 e. The van der Waals surface area contributed by atoms with Gasteiger partial charge in [0.1, 0.15) is 5.75 Å². The van der Waals surface area contributed by atoms with Crippen molar-refractivity contribution in [2.45, 2.75) is 6.92 Å². The Bertz CT molecular complexity index is 1110. The first-order chi connectivity index (χ1) is 15.8. The normalized spacial score (nSPS) is 10.7. The van der Waals surface area contributed by atoms with E-state index in [9.17, 15) is 0 Å². The number of nitrogens with one attached hydrogen (secondary N) is 3. The molecular formula is C24H23N7O. The van der Waals surface area contributed by atoms with Gasteiger partial charge in [-0.15, -0.1) is 0 Å². The molecule has 0 aliphatic heterocycles. The molecule has 0 aliphatic carbocycles. The molecule has 0 atom stereocenters. The van der Waals surface area contributed by atoms with Crippen LogP contribution < -0.4 is 20.8 Å². The molecule has 0 aliphatic rings. The molecule has 0 radical (unpaired) electrons.